The lowest BCUT2D eigenvalue weighted by atomic mass is 9.91. The van der Waals surface area contributed by atoms with E-state index in [9.17, 15) is 17.8 Å². The predicted molar refractivity (Wildman–Crippen MR) is 99.1 cm³/mol. The minimum atomic E-state index is -4.42. The van der Waals surface area contributed by atoms with E-state index in [2.05, 4.69) is 6.92 Å². The molecule has 6 heteroatoms. The highest BCUT2D eigenvalue weighted by Gasteiger charge is 2.47. The Labute approximate surface area is 151 Å². The molecule has 1 aliphatic carbocycles. The normalized spacial score (nSPS) is 23.5. The minimum Gasteiger partial charge on any atom is -0.297 e. The predicted octanol–water partition coefficient (Wildman–Crippen LogP) is 4.84. The first-order chi connectivity index (χ1) is 11.3. The number of unbranched alkanes of at least 4 members (excludes halogenated alkanes) is 8. The van der Waals surface area contributed by atoms with Crippen LogP contribution in [0.25, 0.3) is 0 Å². The monoisotopic (exact) mass is 376 g/mol. The van der Waals surface area contributed by atoms with Crippen LogP contribution in [0.2, 0.25) is 0 Å². The van der Waals surface area contributed by atoms with Crippen LogP contribution in [0.1, 0.15) is 71.1 Å². The smallest absolute Gasteiger partial charge is 0.273 e. The molecule has 0 aliphatic heterocycles. The van der Waals surface area contributed by atoms with Gasteiger partial charge in [-0.05, 0) is 6.42 Å². The van der Waals surface area contributed by atoms with Gasteiger partial charge in [0.1, 0.15) is 10.1 Å². The van der Waals surface area contributed by atoms with Crippen molar-refractivity contribution >= 4 is 27.5 Å². The van der Waals surface area contributed by atoms with Crippen LogP contribution in [-0.2, 0) is 14.9 Å². The second kappa shape index (κ2) is 10.4. The van der Waals surface area contributed by atoms with Gasteiger partial charge >= 0.3 is 0 Å². The van der Waals surface area contributed by atoms with Crippen LogP contribution < -0.4 is 0 Å². The van der Waals surface area contributed by atoms with Gasteiger partial charge in [-0.15, -0.1) is 11.6 Å². The van der Waals surface area contributed by atoms with Crippen molar-refractivity contribution in [1.29, 1.82) is 0 Å². The molecule has 0 heterocycles. The van der Waals surface area contributed by atoms with Crippen molar-refractivity contribution < 1.29 is 17.8 Å². The van der Waals surface area contributed by atoms with Gasteiger partial charge in [0.25, 0.3) is 10.1 Å². The lowest BCUT2D eigenvalue weighted by Gasteiger charge is -2.29. The van der Waals surface area contributed by atoms with Crippen LogP contribution in [0, 0.1) is 0 Å². The van der Waals surface area contributed by atoms with E-state index in [1.54, 1.807) is 6.08 Å². The fourth-order valence-electron chi connectivity index (χ4n) is 2.95. The highest BCUT2D eigenvalue weighted by molar-refractivity contribution is 7.86. The molecule has 1 N–H and O–H groups in total. The van der Waals surface area contributed by atoms with Crippen LogP contribution in [-0.4, -0.2) is 28.9 Å². The van der Waals surface area contributed by atoms with Gasteiger partial charge in [0.05, 0.1) is 0 Å². The zero-order valence-corrected chi connectivity index (χ0v) is 16.0. The van der Waals surface area contributed by atoms with Gasteiger partial charge in [0, 0.05) is 6.42 Å². The Balaban J connectivity index is 2.34. The maximum Gasteiger partial charge on any atom is 0.273 e. The maximum absolute atomic E-state index is 12.4. The SMILES string of the molecule is CCCCCCCCCCCC(=O)C1(Cl)C=CC=CC1S(=O)(=O)O. The first-order valence-corrected chi connectivity index (χ1v) is 10.7. The Morgan fingerprint density at radius 3 is 2.12 bits per heavy atom. The van der Waals surface area contributed by atoms with E-state index in [4.69, 9.17) is 11.6 Å². The molecule has 138 valence electrons. The topological polar surface area (TPSA) is 71.4 Å². The Morgan fingerprint density at radius 1 is 1.04 bits per heavy atom. The zero-order valence-electron chi connectivity index (χ0n) is 14.4. The number of carbonyl (C=O) groups excluding carboxylic acids is 1. The molecule has 24 heavy (non-hydrogen) atoms. The molecule has 0 fully saturated rings. The lowest BCUT2D eigenvalue weighted by molar-refractivity contribution is -0.120. The van der Waals surface area contributed by atoms with Crippen LogP contribution in [0.3, 0.4) is 0 Å². The van der Waals surface area contributed by atoms with Crippen molar-refractivity contribution in [3.63, 3.8) is 0 Å². The third-order valence-electron chi connectivity index (χ3n) is 4.41. The molecule has 1 rings (SSSR count). The molecule has 0 saturated heterocycles. The number of halogens is 1. The van der Waals surface area contributed by atoms with E-state index in [1.807, 2.05) is 0 Å². The van der Waals surface area contributed by atoms with Gasteiger partial charge < -0.3 is 0 Å². The van der Waals surface area contributed by atoms with E-state index in [0.717, 1.165) is 12.8 Å². The van der Waals surface area contributed by atoms with E-state index in [1.165, 1.54) is 56.8 Å². The van der Waals surface area contributed by atoms with Gasteiger partial charge in [-0.2, -0.15) is 8.42 Å². The molecule has 0 spiro atoms. The molecule has 4 nitrogen and oxygen atoms in total. The highest BCUT2D eigenvalue weighted by atomic mass is 35.5. The Morgan fingerprint density at radius 2 is 1.58 bits per heavy atom. The van der Waals surface area contributed by atoms with Crippen molar-refractivity contribution in [2.24, 2.45) is 0 Å². The van der Waals surface area contributed by atoms with E-state index < -0.39 is 20.2 Å². The van der Waals surface area contributed by atoms with E-state index in [0.29, 0.717) is 6.42 Å². The molecule has 1 aliphatic rings. The molecular weight excluding hydrogens is 348 g/mol. The van der Waals surface area contributed by atoms with Crippen molar-refractivity contribution in [2.75, 3.05) is 0 Å². The lowest BCUT2D eigenvalue weighted by Crippen LogP contribution is -2.47. The summed E-state index contributed by atoms with van der Waals surface area (Å²) in [5.74, 6) is -0.352. The number of carbonyl (C=O) groups is 1. The fourth-order valence-corrected chi connectivity index (χ4v) is 4.46. The average molecular weight is 377 g/mol. The summed E-state index contributed by atoms with van der Waals surface area (Å²) in [5, 5.41) is -1.41. The number of Topliss-reactive ketones (excluding diaryl/α,β-unsaturated/α-hetero) is 1. The summed E-state index contributed by atoms with van der Waals surface area (Å²) >= 11 is 6.26. The second-order valence-corrected chi connectivity index (χ2v) is 8.61. The summed E-state index contributed by atoms with van der Waals surface area (Å²) in [7, 11) is -4.42. The molecule has 0 aromatic rings. The molecular formula is C18H29ClO4S. The van der Waals surface area contributed by atoms with Gasteiger partial charge in [0.2, 0.25) is 0 Å². The number of alkyl halides is 1. The Bertz CT molecular complexity index is 553. The van der Waals surface area contributed by atoms with Crippen molar-refractivity contribution in [1.82, 2.24) is 0 Å². The molecule has 0 aromatic carbocycles. The van der Waals surface area contributed by atoms with Gasteiger partial charge in [-0.3, -0.25) is 9.35 Å². The zero-order chi connectivity index (χ0) is 18.1. The summed E-state index contributed by atoms with van der Waals surface area (Å²) in [6.07, 6.45) is 16.1. The maximum atomic E-state index is 12.4. The minimum absolute atomic E-state index is 0.226. The number of hydrogen-bond donors (Lipinski definition) is 1. The largest absolute Gasteiger partial charge is 0.297 e. The molecule has 0 bridgehead atoms. The first-order valence-electron chi connectivity index (χ1n) is 8.87. The number of rotatable bonds is 12. The summed E-state index contributed by atoms with van der Waals surface area (Å²) in [6, 6.07) is 0. The first kappa shape index (κ1) is 21.4. The third-order valence-corrected chi connectivity index (χ3v) is 6.28. The number of hydrogen-bond acceptors (Lipinski definition) is 3. The standard InChI is InChI=1S/C18H29ClO4S/c1-2-3-4-5-6-7-8-9-10-13-16(20)18(19)15-12-11-14-17(18)24(21,22)23/h11-12,14-15,17H,2-10,13H2,1H3,(H,21,22,23). The Hall–Kier alpha value is -0.650. The van der Waals surface area contributed by atoms with Crippen molar-refractivity contribution in [3.8, 4) is 0 Å². The van der Waals surface area contributed by atoms with Gasteiger partial charge in [-0.25, -0.2) is 0 Å². The summed E-state index contributed by atoms with van der Waals surface area (Å²) in [4.78, 5) is 10.7. The molecule has 2 atom stereocenters. The fraction of sp³-hybridized carbons (Fsp3) is 0.722. The molecule has 0 amide bonds. The molecule has 2 unspecified atom stereocenters. The summed E-state index contributed by atoms with van der Waals surface area (Å²) < 4.78 is 32.2. The molecule has 0 aromatic heterocycles. The molecule has 0 saturated carbocycles. The van der Waals surface area contributed by atoms with Crippen LogP contribution >= 0.6 is 11.6 Å². The van der Waals surface area contributed by atoms with E-state index >= 15 is 0 Å². The van der Waals surface area contributed by atoms with Crippen molar-refractivity contribution in [2.45, 2.75) is 81.3 Å². The number of ketones is 1. The van der Waals surface area contributed by atoms with Gasteiger partial charge in [0.15, 0.2) is 5.78 Å². The van der Waals surface area contributed by atoms with Gasteiger partial charge in [-0.1, -0.05) is 82.6 Å². The van der Waals surface area contributed by atoms with Crippen LogP contribution in [0.5, 0.6) is 0 Å². The highest BCUT2D eigenvalue weighted by Crippen LogP contribution is 2.33. The summed E-state index contributed by atoms with van der Waals surface area (Å²) in [5.41, 5.74) is 0. The average Bonchev–Trinajstić information content (AvgIpc) is 2.52. The van der Waals surface area contributed by atoms with Crippen LogP contribution in [0.4, 0.5) is 0 Å². The third kappa shape index (κ3) is 6.69. The van der Waals surface area contributed by atoms with Crippen LogP contribution in [0.15, 0.2) is 24.3 Å². The quantitative estimate of drug-likeness (QED) is 0.300. The molecule has 0 radical (unpaired) electrons. The summed E-state index contributed by atoms with van der Waals surface area (Å²) in [6.45, 7) is 2.20. The van der Waals surface area contributed by atoms with E-state index in [-0.39, 0.29) is 12.2 Å². The number of allylic oxidation sites excluding steroid dienone is 3. The Kier molecular flexibility index (Phi) is 9.24. The second-order valence-electron chi connectivity index (χ2n) is 6.45. The van der Waals surface area contributed by atoms with Crippen molar-refractivity contribution in [3.05, 3.63) is 24.3 Å².